The van der Waals surface area contributed by atoms with Crippen LogP contribution in [0.2, 0.25) is 0 Å². The summed E-state index contributed by atoms with van der Waals surface area (Å²) >= 11 is 0. The number of aromatic carboxylic acids is 1. The summed E-state index contributed by atoms with van der Waals surface area (Å²) in [5.41, 5.74) is 1.49. The van der Waals surface area contributed by atoms with Crippen molar-refractivity contribution in [3.05, 3.63) is 72.3 Å². The smallest absolute Gasteiger partial charge is 0.335 e. The lowest BCUT2D eigenvalue weighted by Crippen LogP contribution is -2.32. The van der Waals surface area contributed by atoms with E-state index in [1.165, 1.54) is 86.9 Å². The average molecular weight is 633 g/mol. The molecule has 0 atom stereocenters. The number of benzene rings is 3. The molecule has 46 heavy (non-hydrogen) atoms. The molecule has 0 saturated heterocycles. The molecule has 0 unspecified atom stereocenters. The topological polar surface area (TPSA) is 157 Å². The number of aromatic hydroxyl groups is 1. The standard InChI is InChI=1S/C35H44N4O7/c1-3-4-5-6-7-8-9-10-11-18-32(41)36-27-16-13-17-28(22-27)37-33(42)24-46-31-20-19-29(40)23-30(31)39(2)35(45)38-26-15-12-14-25(21-26)34(43)44/h12-17,19-23,40H,3-11,18,24H2,1-2H3,(H,36,41)(H,37,42)(H,38,45)(H,43,44). The predicted octanol–water partition coefficient (Wildman–Crippen LogP) is 7.64. The van der Waals surface area contributed by atoms with Crippen molar-refractivity contribution in [3.63, 3.8) is 0 Å². The van der Waals surface area contributed by atoms with Crippen LogP contribution in [-0.2, 0) is 9.59 Å². The Bertz CT molecular complexity index is 1480. The summed E-state index contributed by atoms with van der Waals surface area (Å²) in [5.74, 6) is -1.65. The number of ether oxygens (including phenoxy) is 1. The Hall–Kier alpha value is -5.06. The van der Waals surface area contributed by atoms with Gasteiger partial charge in [0, 0.05) is 36.6 Å². The van der Waals surface area contributed by atoms with E-state index in [2.05, 4.69) is 22.9 Å². The van der Waals surface area contributed by atoms with Crippen molar-refractivity contribution in [1.82, 2.24) is 0 Å². The average Bonchev–Trinajstić information content (AvgIpc) is 3.03. The SMILES string of the molecule is CCCCCCCCCCCC(=O)Nc1cccc(NC(=O)COc2ccc(O)cc2N(C)C(=O)Nc2cccc(C(=O)O)c2)c1. The highest BCUT2D eigenvalue weighted by atomic mass is 16.5. The summed E-state index contributed by atoms with van der Waals surface area (Å²) in [4.78, 5) is 50.5. The highest BCUT2D eigenvalue weighted by molar-refractivity contribution is 6.03. The van der Waals surface area contributed by atoms with Gasteiger partial charge >= 0.3 is 12.0 Å². The third-order valence-corrected chi connectivity index (χ3v) is 7.27. The molecule has 3 aromatic carbocycles. The Morgan fingerprint density at radius 2 is 1.30 bits per heavy atom. The summed E-state index contributed by atoms with van der Waals surface area (Å²) in [5, 5.41) is 27.5. The number of unbranched alkanes of at least 4 members (excludes halogenated alkanes) is 8. The van der Waals surface area contributed by atoms with Crippen LogP contribution in [-0.4, -0.2) is 47.7 Å². The van der Waals surface area contributed by atoms with E-state index in [1.54, 1.807) is 30.3 Å². The number of nitrogens with one attached hydrogen (secondary N) is 3. The Labute approximate surface area is 270 Å². The minimum Gasteiger partial charge on any atom is -0.508 e. The molecule has 0 aromatic heterocycles. The molecular weight excluding hydrogens is 588 g/mol. The molecule has 11 heteroatoms. The zero-order valence-electron chi connectivity index (χ0n) is 26.5. The van der Waals surface area contributed by atoms with Crippen molar-refractivity contribution in [1.29, 1.82) is 0 Å². The van der Waals surface area contributed by atoms with Gasteiger partial charge in [-0.05, 0) is 55.0 Å². The number of carboxylic acids is 1. The van der Waals surface area contributed by atoms with Crippen LogP contribution in [0, 0.1) is 0 Å². The van der Waals surface area contributed by atoms with Crippen LogP contribution >= 0.6 is 0 Å². The number of amides is 4. The van der Waals surface area contributed by atoms with Crippen molar-refractivity contribution < 1.29 is 34.1 Å². The van der Waals surface area contributed by atoms with Gasteiger partial charge in [-0.15, -0.1) is 0 Å². The van der Waals surface area contributed by atoms with Gasteiger partial charge in [0.25, 0.3) is 5.91 Å². The molecule has 0 bridgehead atoms. The first-order valence-electron chi connectivity index (χ1n) is 15.7. The first-order chi connectivity index (χ1) is 22.2. The van der Waals surface area contributed by atoms with Crippen LogP contribution in [0.1, 0.15) is 81.5 Å². The number of hydrogen-bond acceptors (Lipinski definition) is 6. The highest BCUT2D eigenvalue weighted by Crippen LogP contribution is 2.32. The van der Waals surface area contributed by atoms with Gasteiger partial charge in [0.1, 0.15) is 11.5 Å². The second-order valence-electron chi connectivity index (χ2n) is 11.1. The summed E-state index contributed by atoms with van der Waals surface area (Å²) in [6, 6.07) is 16.1. The fraction of sp³-hybridized carbons (Fsp3) is 0.371. The molecule has 0 spiro atoms. The van der Waals surface area contributed by atoms with Crippen LogP contribution < -0.4 is 25.6 Å². The Kier molecular flexibility index (Phi) is 14.4. The third-order valence-electron chi connectivity index (χ3n) is 7.27. The van der Waals surface area contributed by atoms with Crippen LogP contribution in [0.3, 0.4) is 0 Å². The van der Waals surface area contributed by atoms with E-state index in [4.69, 9.17) is 4.74 Å². The zero-order valence-corrected chi connectivity index (χ0v) is 26.5. The number of phenolic OH excluding ortho intramolecular Hbond substituents is 1. The minimum atomic E-state index is -1.13. The lowest BCUT2D eigenvalue weighted by Gasteiger charge is -2.21. The number of carboxylic acid groups (broad SMARTS) is 1. The lowest BCUT2D eigenvalue weighted by atomic mass is 10.1. The molecule has 11 nitrogen and oxygen atoms in total. The number of phenols is 1. The van der Waals surface area contributed by atoms with Crippen LogP contribution in [0.15, 0.2) is 66.7 Å². The number of carbonyl (C=O) groups is 4. The summed E-state index contributed by atoms with van der Waals surface area (Å²) < 4.78 is 5.70. The predicted molar refractivity (Wildman–Crippen MR) is 180 cm³/mol. The Balaban J connectivity index is 1.48. The number of carbonyl (C=O) groups excluding carboxylic acids is 3. The molecule has 3 rings (SSSR count). The van der Waals surface area contributed by atoms with Crippen molar-refractivity contribution in [3.8, 4) is 11.5 Å². The van der Waals surface area contributed by atoms with Crippen LogP contribution in [0.25, 0.3) is 0 Å². The first-order valence-corrected chi connectivity index (χ1v) is 15.7. The molecular formula is C35H44N4O7. The number of anilines is 4. The number of urea groups is 1. The zero-order chi connectivity index (χ0) is 33.3. The van der Waals surface area contributed by atoms with Gasteiger partial charge in [-0.3, -0.25) is 14.5 Å². The van der Waals surface area contributed by atoms with E-state index in [1.807, 2.05) is 0 Å². The van der Waals surface area contributed by atoms with Gasteiger partial charge in [0.05, 0.1) is 11.3 Å². The van der Waals surface area contributed by atoms with E-state index in [0.717, 1.165) is 19.3 Å². The van der Waals surface area contributed by atoms with Crippen molar-refractivity contribution in [2.45, 2.75) is 71.1 Å². The van der Waals surface area contributed by atoms with E-state index in [9.17, 15) is 29.4 Å². The van der Waals surface area contributed by atoms with Crippen molar-refractivity contribution in [2.24, 2.45) is 0 Å². The normalized spacial score (nSPS) is 10.6. The molecule has 0 aliphatic heterocycles. The maximum Gasteiger partial charge on any atom is 0.335 e. The van der Waals surface area contributed by atoms with Gasteiger partial charge in [0.15, 0.2) is 6.61 Å². The second kappa shape index (κ2) is 18.7. The van der Waals surface area contributed by atoms with Crippen LogP contribution in [0.5, 0.6) is 11.5 Å². The van der Waals surface area contributed by atoms with E-state index in [-0.39, 0.29) is 34.3 Å². The summed E-state index contributed by atoms with van der Waals surface area (Å²) in [6.07, 6.45) is 11.1. The number of nitrogens with zero attached hydrogens (tertiary/aromatic N) is 1. The van der Waals surface area contributed by atoms with Crippen LogP contribution in [0.4, 0.5) is 27.5 Å². The molecule has 0 radical (unpaired) electrons. The monoisotopic (exact) mass is 632 g/mol. The number of hydrogen-bond donors (Lipinski definition) is 5. The maximum atomic E-state index is 12.9. The quantitative estimate of drug-likeness (QED) is 0.0902. The Morgan fingerprint density at radius 3 is 1.96 bits per heavy atom. The Morgan fingerprint density at radius 1 is 0.717 bits per heavy atom. The molecule has 0 aliphatic carbocycles. The molecule has 3 aromatic rings. The second-order valence-corrected chi connectivity index (χ2v) is 11.1. The fourth-order valence-electron chi connectivity index (χ4n) is 4.77. The van der Waals surface area contributed by atoms with Gasteiger partial charge < -0.3 is 30.9 Å². The van der Waals surface area contributed by atoms with E-state index >= 15 is 0 Å². The third kappa shape index (κ3) is 12.1. The molecule has 0 saturated carbocycles. The largest absolute Gasteiger partial charge is 0.508 e. The molecule has 246 valence electrons. The highest BCUT2D eigenvalue weighted by Gasteiger charge is 2.18. The van der Waals surface area contributed by atoms with Gasteiger partial charge in [0.2, 0.25) is 5.91 Å². The summed E-state index contributed by atoms with van der Waals surface area (Å²) in [6.45, 7) is 1.81. The van der Waals surface area contributed by atoms with Gasteiger partial charge in [-0.2, -0.15) is 0 Å². The fourth-order valence-corrected chi connectivity index (χ4v) is 4.77. The van der Waals surface area contributed by atoms with Crippen molar-refractivity contribution in [2.75, 3.05) is 34.5 Å². The van der Waals surface area contributed by atoms with E-state index < -0.39 is 24.5 Å². The minimum absolute atomic E-state index is 0.00912. The maximum absolute atomic E-state index is 12.9. The van der Waals surface area contributed by atoms with Gasteiger partial charge in [-0.25, -0.2) is 9.59 Å². The number of rotatable bonds is 18. The molecule has 0 heterocycles. The van der Waals surface area contributed by atoms with E-state index in [0.29, 0.717) is 17.8 Å². The molecule has 0 fully saturated rings. The van der Waals surface area contributed by atoms with Gasteiger partial charge in [-0.1, -0.05) is 70.4 Å². The molecule has 4 amide bonds. The lowest BCUT2D eigenvalue weighted by molar-refractivity contribution is -0.118. The first kappa shape index (κ1) is 35.4. The molecule has 0 aliphatic rings. The van der Waals surface area contributed by atoms with Crippen molar-refractivity contribution >= 4 is 46.6 Å². The molecule has 5 N–H and O–H groups in total. The summed E-state index contributed by atoms with van der Waals surface area (Å²) in [7, 11) is 1.44.